The van der Waals surface area contributed by atoms with Crippen LogP contribution in [0.5, 0.6) is 17.4 Å². The van der Waals surface area contributed by atoms with Gasteiger partial charge in [0.15, 0.2) is 0 Å². The number of aromatic nitrogens is 2. The largest absolute Gasteiger partial charge is 0.439 e. The molecule has 1 aliphatic carbocycles. The van der Waals surface area contributed by atoms with E-state index in [0.29, 0.717) is 35.4 Å². The van der Waals surface area contributed by atoms with E-state index in [1.54, 1.807) is 29.2 Å². The summed E-state index contributed by atoms with van der Waals surface area (Å²) in [6, 6.07) is 25.9. The average Bonchev–Trinajstić information content (AvgIpc) is 3.36. The molecule has 0 spiro atoms. The summed E-state index contributed by atoms with van der Waals surface area (Å²) in [6.07, 6.45) is 5.26. The van der Waals surface area contributed by atoms with Crippen LogP contribution in [0.2, 0.25) is 5.02 Å². The topological polar surface area (TPSA) is 67.5 Å². The highest BCUT2D eigenvalue weighted by molar-refractivity contribution is 6.30. The van der Waals surface area contributed by atoms with E-state index in [9.17, 15) is 4.79 Å². The Morgan fingerprint density at radius 2 is 1.73 bits per heavy atom. The number of benzene rings is 3. The van der Waals surface area contributed by atoms with Gasteiger partial charge in [0.25, 0.3) is 0 Å². The molecule has 5 aromatic rings. The number of hydrogen-bond acceptors (Lipinski definition) is 4. The molecule has 1 unspecified atom stereocenters. The summed E-state index contributed by atoms with van der Waals surface area (Å²) in [4.78, 5) is 23.5. The number of nitrogens with zero attached hydrogens (tertiary/aromatic N) is 2. The fourth-order valence-electron chi connectivity index (χ4n) is 5.59. The highest BCUT2D eigenvalue weighted by Gasteiger charge is 2.35. The number of carbonyl (C=O) groups excluding carboxylic acids is 1. The van der Waals surface area contributed by atoms with Gasteiger partial charge in [-0.3, -0.25) is 4.90 Å². The first-order valence-electron chi connectivity index (χ1n) is 13.5. The molecule has 7 rings (SSSR count). The van der Waals surface area contributed by atoms with E-state index in [1.165, 1.54) is 5.56 Å². The third-order valence-electron chi connectivity index (χ3n) is 7.54. The molecule has 0 radical (unpaired) electrons. The van der Waals surface area contributed by atoms with Crippen molar-refractivity contribution in [3.8, 4) is 17.4 Å². The second-order valence-corrected chi connectivity index (χ2v) is 11.1. The molecule has 0 fully saturated rings. The maximum atomic E-state index is 13.5. The molecule has 2 aliphatic rings. The molecule has 1 aliphatic heterocycles. The highest BCUT2D eigenvalue weighted by Crippen LogP contribution is 2.35. The van der Waals surface area contributed by atoms with Crippen LogP contribution in [0.25, 0.3) is 23.1 Å². The number of fused-ring (bicyclic) bond motifs is 4. The highest BCUT2D eigenvalue weighted by atomic mass is 35.5. The first-order chi connectivity index (χ1) is 20.0. The number of ether oxygens (including phenoxy) is 2. The van der Waals surface area contributed by atoms with Gasteiger partial charge in [-0.15, -0.1) is 11.6 Å². The number of nitrogens with one attached hydrogen (secondary N) is 1. The van der Waals surface area contributed by atoms with Gasteiger partial charge in [0.2, 0.25) is 5.88 Å². The zero-order valence-electron chi connectivity index (χ0n) is 21.9. The van der Waals surface area contributed by atoms with Gasteiger partial charge in [-0.1, -0.05) is 54.1 Å². The normalized spacial score (nSPS) is 17.7. The molecule has 1 amide bonds. The van der Waals surface area contributed by atoms with Gasteiger partial charge < -0.3 is 14.5 Å². The molecule has 2 aromatic heterocycles. The number of pyridine rings is 1. The summed E-state index contributed by atoms with van der Waals surface area (Å²) >= 11 is 12.5. The molecule has 1 N–H and O–H groups in total. The summed E-state index contributed by atoms with van der Waals surface area (Å²) in [5.74, 6) is 1.61. The molecule has 2 atom stereocenters. The Morgan fingerprint density at radius 1 is 0.951 bits per heavy atom. The van der Waals surface area contributed by atoms with Gasteiger partial charge in [0, 0.05) is 39.3 Å². The van der Waals surface area contributed by atoms with Crippen molar-refractivity contribution < 1.29 is 14.3 Å². The van der Waals surface area contributed by atoms with Crippen LogP contribution in [-0.4, -0.2) is 32.9 Å². The minimum Gasteiger partial charge on any atom is -0.439 e. The predicted molar refractivity (Wildman–Crippen MR) is 161 cm³/mol. The maximum Gasteiger partial charge on any atom is 0.416 e. The van der Waals surface area contributed by atoms with E-state index < -0.39 is 6.09 Å². The van der Waals surface area contributed by atoms with Crippen molar-refractivity contribution in [3.63, 3.8) is 0 Å². The number of H-pyrrole nitrogens is 1. The number of rotatable bonds is 4. The van der Waals surface area contributed by atoms with Crippen LogP contribution in [0.4, 0.5) is 4.79 Å². The third kappa shape index (κ3) is 5.05. The van der Waals surface area contributed by atoms with Gasteiger partial charge in [0.05, 0.1) is 10.9 Å². The van der Waals surface area contributed by atoms with E-state index in [4.69, 9.17) is 32.7 Å². The van der Waals surface area contributed by atoms with Crippen LogP contribution in [-0.2, 0) is 6.42 Å². The van der Waals surface area contributed by atoms with Crippen LogP contribution in [0.3, 0.4) is 0 Å². The van der Waals surface area contributed by atoms with Crippen molar-refractivity contribution in [2.24, 2.45) is 0 Å². The number of carbonyl (C=O) groups is 1. The number of amides is 1. The molecular formula is C33H25Cl2N3O3. The summed E-state index contributed by atoms with van der Waals surface area (Å²) in [6.45, 7) is 0.494. The van der Waals surface area contributed by atoms with E-state index in [-0.39, 0.29) is 11.4 Å². The second-order valence-electron chi connectivity index (χ2n) is 10.1. The van der Waals surface area contributed by atoms with Gasteiger partial charge in [-0.25, -0.2) is 9.78 Å². The Hall–Kier alpha value is -4.26. The van der Waals surface area contributed by atoms with E-state index in [2.05, 4.69) is 22.1 Å². The first kappa shape index (κ1) is 25.7. The summed E-state index contributed by atoms with van der Waals surface area (Å²) in [7, 11) is 0. The number of hydrogen-bond donors (Lipinski definition) is 1. The summed E-state index contributed by atoms with van der Waals surface area (Å²) in [5, 5.41) is 3.76. The standard InChI is InChI=1S/C33H25Cl2N3O3/c34-22-8-13-25(14-9-22)41-33(39)38-18-17-26-27-19-23(35)10-15-29(27)37-31(26)32(38)21-5-11-24(12-6-21)40-30-16-7-20-3-1-2-4-28(20)36-30/h1-9,11-16,19,23,32,37H,10,17-18H2/t23?,32-/m0/s1. The third-order valence-corrected chi connectivity index (χ3v) is 8.09. The van der Waals surface area contributed by atoms with E-state index in [0.717, 1.165) is 39.1 Å². The minimum atomic E-state index is -0.431. The number of halogens is 2. The summed E-state index contributed by atoms with van der Waals surface area (Å²) in [5.41, 5.74) is 3.95. The molecule has 0 saturated carbocycles. The maximum absolute atomic E-state index is 13.5. The molecule has 0 saturated heterocycles. The zero-order valence-corrected chi connectivity index (χ0v) is 23.4. The number of alkyl halides is 1. The summed E-state index contributed by atoms with van der Waals surface area (Å²) < 4.78 is 11.9. The predicted octanol–water partition coefficient (Wildman–Crippen LogP) is 6.73. The Bertz CT molecular complexity index is 1880. The molecule has 8 heteroatoms. The van der Waals surface area contributed by atoms with Crippen LogP contribution in [0.1, 0.15) is 29.3 Å². The van der Waals surface area contributed by atoms with Crippen molar-refractivity contribution in [1.82, 2.24) is 14.9 Å². The lowest BCUT2D eigenvalue weighted by Gasteiger charge is -2.35. The molecule has 6 nitrogen and oxygen atoms in total. The monoisotopic (exact) mass is 581 g/mol. The molecule has 41 heavy (non-hydrogen) atoms. The smallest absolute Gasteiger partial charge is 0.416 e. The van der Waals surface area contributed by atoms with E-state index >= 15 is 0 Å². The van der Waals surface area contributed by atoms with Crippen LogP contribution in [0, 0.1) is 0 Å². The molecule has 0 bridgehead atoms. The molecular weight excluding hydrogens is 557 g/mol. The Morgan fingerprint density at radius 3 is 2.56 bits per heavy atom. The number of aromatic amines is 1. The fourth-order valence-corrected chi connectivity index (χ4v) is 5.94. The SMILES string of the molecule is O=C(Oc1ccc(Cl)cc1)N1CCc2c([nH]c3c2=CC(Cl)CC=3)[C@@H]1c1ccc(Oc2ccc3ccccc3n2)cc1. The van der Waals surface area contributed by atoms with Gasteiger partial charge >= 0.3 is 6.09 Å². The number of para-hydroxylation sites is 1. The Balaban J connectivity index is 1.23. The Labute approximate surface area is 246 Å². The lowest BCUT2D eigenvalue weighted by molar-refractivity contribution is 0.135. The quantitative estimate of drug-likeness (QED) is 0.239. The fraction of sp³-hybridized carbons (Fsp3) is 0.152. The van der Waals surface area contributed by atoms with Crippen LogP contribution >= 0.6 is 23.2 Å². The Kier molecular flexibility index (Phi) is 6.65. The first-order valence-corrected chi connectivity index (χ1v) is 14.3. The van der Waals surface area contributed by atoms with Gasteiger partial charge in [-0.05, 0) is 72.5 Å². The van der Waals surface area contributed by atoms with Crippen molar-refractivity contribution >= 4 is 52.4 Å². The molecule has 3 heterocycles. The van der Waals surface area contributed by atoms with Crippen molar-refractivity contribution in [3.05, 3.63) is 117 Å². The minimum absolute atomic E-state index is 0.0473. The van der Waals surface area contributed by atoms with Crippen molar-refractivity contribution in [2.45, 2.75) is 24.3 Å². The van der Waals surface area contributed by atoms with Crippen molar-refractivity contribution in [2.75, 3.05) is 6.54 Å². The van der Waals surface area contributed by atoms with Crippen LogP contribution < -0.4 is 20.0 Å². The van der Waals surface area contributed by atoms with Gasteiger partial charge in [-0.2, -0.15) is 0 Å². The molecule has 204 valence electrons. The lowest BCUT2D eigenvalue weighted by atomic mass is 9.92. The van der Waals surface area contributed by atoms with Crippen LogP contribution in [0.15, 0.2) is 84.9 Å². The van der Waals surface area contributed by atoms with E-state index in [1.807, 2.05) is 60.7 Å². The molecule has 3 aromatic carbocycles. The van der Waals surface area contributed by atoms with Crippen molar-refractivity contribution in [1.29, 1.82) is 0 Å². The van der Waals surface area contributed by atoms with Gasteiger partial charge in [0.1, 0.15) is 17.5 Å². The average molecular weight is 582 g/mol. The zero-order chi connectivity index (χ0) is 27.9. The lowest BCUT2D eigenvalue weighted by Crippen LogP contribution is -2.43. The second kappa shape index (κ2) is 10.6.